The Labute approximate surface area is 127 Å². The zero-order chi connectivity index (χ0) is 15.2. The van der Waals surface area contributed by atoms with Crippen LogP contribution in [0.4, 0.5) is 11.9 Å². The molecule has 0 saturated heterocycles. The third-order valence-corrected chi connectivity index (χ3v) is 3.44. The van der Waals surface area contributed by atoms with Crippen molar-refractivity contribution in [2.75, 3.05) is 10.7 Å². The summed E-state index contributed by atoms with van der Waals surface area (Å²) in [6, 6.07) is 0.259. The van der Waals surface area contributed by atoms with E-state index in [9.17, 15) is 0 Å². The van der Waals surface area contributed by atoms with Crippen LogP contribution in [0.25, 0.3) is 0 Å². The van der Waals surface area contributed by atoms with Crippen LogP contribution in [0.15, 0.2) is 11.6 Å². The van der Waals surface area contributed by atoms with E-state index in [0.29, 0.717) is 5.95 Å². The SMILES string of the molecule is CCC(Nc1nc(NN)nc(OC(C)C)n1)c1nccs1. The number of rotatable bonds is 7. The topological polar surface area (TPSA) is 111 Å². The van der Waals surface area contributed by atoms with Crippen molar-refractivity contribution in [2.45, 2.75) is 39.3 Å². The molecule has 21 heavy (non-hydrogen) atoms. The van der Waals surface area contributed by atoms with Gasteiger partial charge in [0.2, 0.25) is 11.9 Å². The number of thiazole rings is 1. The first-order valence-electron chi connectivity index (χ1n) is 6.67. The lowest BCUT2D eigenvalue weighted by molar-refractivity contribution is 0.222. The molecule has 114 valence electrons. The Morgan fingerprint density at radius 3 is 2.62 bits per heavy atom. The van der Waals surface area contributed by atoms with Gasteiger partial charge in [0.1, 0.15) is 5.01 Å². The van der Waals surface area contributed by atoms with Crippen LogP contribution < -0.4 is 21.3 Å². The van der Waals surface area contributed by atoms with Crippen LogP contribution in [0.3, 0.4) is 0 Å². The van der Waals surface area contributed by atoms with E-state index >= 15 is 0 Å². The van der Waals surface area contributed by atoms with Gasteiger partial charge in [-0.15, -0.1) is 11.3 Å². The molecule has 0 aliphatic rings. The summed E-state index contributed by atoms with van der Waals surface area (Å²) in [4.78, 5) is 16.8. The van der Waals surface area contributed by atoms with Gasteiger partial charge in [0.25, 0.3) is 0 Å². The Balaban J connectivity index is 2.21. The summed E-state index contributed by atoms with van der Waals surface area (Å²) in [6.45, 7) is 5.86. The molecule has 0 radical (unpaired) electrons. The van der Waals surface area contributed by atoms with Gasteiger partial charge < -0.3 is 10.1 Å². The maximum absolute atomic E-state index is 5.49. The Morgan fingerprint density at radius 2 is 2.05 bits per heavy atom. The molecule has 2 heterocycles. The van der Waals surface area contributed by atoms with Crippen molar-refractivity contribution in [2.24, 2.45) is 5.84 Å². The first-order valence-corrected chi connectivity index (χ1v) is 7.55. The Kier molecular flexibility index (Phi) is 5.23. The Morgan fingerprint density at radius 1 is 1.29 bits per heavy atom. The maximum Gasteiger partial charge on any atom is 0.323 e. The second kappa shape index (κ2) is 7.14. The van der Waals surface area contributed by atoms with E-state index in [1.807, 2.05) is 19.2 Å². The fourth-order valence-electron chi connectivity index (χ4n) is 1.65. The molecule has 0 aliphatic carbocycles. The van der Waals surface area contributed by atoms with Crippen molar-refractivity contribution in [3.63, 3.8) is 0 Å². The van der Waals surface area contributed by atoms with Gasteiger partial charge in [0.05, 0.1) is 12.1 Å². The van der Waals surface area contributed by atoms with Crippen LogP contribution >= 0.6 is 11.3 Å². The minimum atomic E-state index is -0.0354. The number of ether oxygens (including phenoxy) is 1. The van der Waals surface area contributed by atoms with Crippen molar-refractivity contribution in [1.82, 2.24) is 19.9 Å². The molecule has 4 N–H and O–H groups in total. The average Bonchev–Trinajstić information content (AvgIpc) is 2.97. The van der Waals surface area contributed by atoms with E-state index < -0.39 is 0 Å². The monoisotopic (exact) mass is 309 g/mol. The molecule has 0 aliphatic heterocycles. The first kappa shape index (κ1) is 15.4. The maximum atomic E-state index is 5.49. The summed E-state index contributed by atoms with van der Waals surface area (Å²) < 4.78 is 5.49. The van der Waals surface area contributed by atoms with Crippen LogP contribution in [0.5, 0.6) is 6.01 Å². The van der Waals surface area contributed by atoms with Crippen molar-refractivity contribution in [3.05, 3.63) is 16.6 Å². The van der Waals surface area contributed by atoms with Gasteiger partial charge in [-0.1, -0.05) is 6.92 Å². The molecular weight excluding hydrogens is 290 g/mol. The molecular formula is C12H19N7OS. The lowest BCUT2D eigenvalue weighted by Gasteiger charge is -2.16. The van der Waals surface area contributed by atoms with E-state index in [0.717, 1.165) is 11.4 Å². The third-order valence-electron chi connectivity index (χ3n) is 2.55. The van der Waals surface area contributed by atoms with Crippen LogP contribution in [0.1, 0.15) is 38.2 Å². The lowest BCUT2D eigenvalue weighted by atomic mass is 10.2. The summed E-state index contributed by atoms with van der Waals surface area (Å²) in [5, 5.41) is 6.15. The fraction of sp³-hybridized carbons (Fsp3) is 0.500. The highest BCUT2D eigenvalue weighted by Gasteiger charge is 2.15. The van der Waals surface area contributed by atoms with E-state index in [-0.39, 0.29) is 24.1 Å². The average molecular weight is 309 g/mol. The molecule has 2 aromatic heterocycles. The van der Waals surface area contributed by atoms with Crippen molar-refractivity contribution in [3.8, 4) is 6.01 Å². The minimum Gasteiger partial charge on any atom is -0.461 e. The van der Waals surface area contributed by atoms with Crippen LogP contribution in [0, 0.1) is 0 Å². The van der Waals surface area contributed by atoms with Crippen LogP contribution in [-0.4, -0.2) is 26.0 Å². The number of nitrogens with zero attached hydrogens (tertiary/aromatic N) is 4. The van der Waals surface area contributed by atoms with Gasteiger partial charge >= 0.3 is 6.01 Å². The summed E-state index contributed by atoms with van der Waals surface area (Å²) in [5.41, 5.74) is 2.41. The number of nitrogen functional groups attached to an aromatic ring is 1. The predicted octanol–water partition coefficient (Wildman–Crippen LogP) is 1.96. The number of nitrogens with one attached hydrogen (secondary N) is 2. The fourth-order valence-corrected chi connectivity index (χ4v) is 2.42. The summed E-state index contributed by atoms with van der Waals surface area (Å²) >= 11 is 1.58. The van der Waals surface area contributed by atoms with Gasteiger partial charge in [0.15, 0.2) is 0 Å². The number of hydrogen-bond acceptors (Lipinski definition) is 9. The van der Waals surface area contributed by atoms with Gasteiger partial charge in [-0.05, 0) is 20.3 Å². The number of hydrogen-bond donors (Lipinski definition) is 3. The van der Waals surface area contributed by atoms with Crippen molar-refractivity contribution >= 4 is 23.2 Å². The van der Waals surface area contributed by atoms with E-state index in [2.05, 4.69) is 37.6 Å². The zero-order valence-corrected chi connectivity index (χ0v) is 13.0. The van der Waals surface area contributed by atoms with Crippen molar-refractivity contribution < 1.29 is 4.74 Å². The highest BCUT2D eigenvalue weighted by molar-refractivity contribution is 7.09. The predicted molar refractivity (Wildman–Crippen MR) is 82.2 cm³/mol. The number of hydrazine groups is 1. The normalized spacial score (nSPS) is 12.2. The van der Waals surface area contributed by atoms with E-state index in [4.69, 9.17) is 10.6 Å². The summed E-state index contributed by atoms with van der Waals surface area (Å²) in [7, 11) is 0. The zero-order valence-electron chi connectivity index (χ0n) is 12.2. The van der Waals surface area contributed by atoms with Crippen LogP contribution in [-0.2, 0) is 0 Å². The van der Waals surface area contributed by atoms with Gasteiger partial charge in [-0.2, -0.15) is 15.0 Å². The molecule has 1 unspecified atom stereocenters. The molecule has 0 amide bonds. The van der Waals surface area contributed by atoms with Gasteiger partial charge in [-0.3, -0.25) is 5.43 Å². The molecule has 1 atom stereocenters. The molecule has 2 aromatic rings. The number of nitrogens with two attached hydrogens (primary N) is 1. The molecule has 0 bridgehead atoms. The summed E-state index contributed by atoms with van der Waals surface area (Å²) in [5.74, 6) is 6.03. The second-order valence-corrected chi connectivity index (χ2v) is 5.48. The second-order valence-electron chi connectivity index (χ2n) is 4.55. The molecule has 2 rings (SSSR count). The van der Waals surface area contributed by atoms with Gasteiger partial charge in [-0.25, -0.2) is 10.8 Å². The Hall–Kier alpha value is -2.00. The molecule has 0 saturated carbocycles. The molecule has 8 nitrogen and oxygen atoms in total. The largest absolute Gasteiger partial charge is 0.461 e. The van der Waals surface area contributed by atoms with Crippen molar-refractivity contribution in [1.29, 1.82) is 0 Å². The minimum absolute atomic E-state index is 0.0323. The third kappa shape index (κ3) is 4.23. The number of anilines is 2. The van der Waals surface area contributed by atoms with E-state index in [1.165, 1.54) is 0 Å². The molecule has 0 spiro atoms. The highest BCUT2D eigenvalue weighted by atomic mass is 32.1. The van der Waals surface area contributed by atoms with Crippen LogP contribution in [0.2, 0.25) is 0 Å². The highest BCUT2D eigenvalue weighted by Crippen LogP contribution is 2.23. The van der Waals surface area contributed by atoms with Gasteiger partial charge in [0, 0.05) is 11.6 Å². The molecule has 0 fully saturated rings. The molecule has 0 aromatic carbocycles. The number of aromatic nitrogens is 4. The van der Waals surface area contributed by atoms with E-state index in [1.54, 1.807) is 17.5 Å². The lowest BCUT2D eigenvalue weighted by Crippen LogP contribution is -2.18. The molecule has 9 heteroatoms. The first-order chi connectivity index (χ1) is 10.1. The smallest absolute Gasteiger partial charge is 0.323 e. The standard InChI is InChI=1S/C12H19N7OS/c1-4-8(9-14-5-6-21-9)15-10-16-11(19-13)18-12(17-10)20-7(2)3/h5-8H,4,13H2,1-3H3,(H2,15,16,17,18,19). The quantitative estimate of drug-likeness (QED) is 0.526. The summed E-state index contributed by atoms with van der Waals surface area (Å²) in [6.07, 6.45) is 2.59. The Bertz CT molecular complexity index is 561.